The maximum Gasteiger partial charge on any atom is 0.315 e. The number of likely N-dealkylation sites (tertiary alicyclic amines) is 2. The fourth-order valence-corrected chi connectivity index (χ4v) is 6.70. The van der Waals surface area contributed by atoms with Crippen LogP contribution in [-0.2, 0) is 28.8 Å². The van der Waals surface area contributed by atoms with Crippen molar-refractivity contribution in [1.29, 1.82) is 0 Å². The van der Waals surface area contributed by atoms with E-state index in [-0.39, 0.29) is 61.4 Å². The number of amides is 7. The predicted molar refractivity (Wildman–Crippen MR) is 175 cm³/mol. The summed E-state index contributed by atoms with van der Waals surface area (Å²) in [7, 11) is 0. The number of nitrogens with zero attached hydrogens (tertiary/aromatic N) is 2. The number of imide groups is 1. The molecule has 47 heavy (non-hydrogen) atoms. The van der Waals surface area contributed by atoms with E-state index in [0.29, 0.717) is 13.0 Å². The molecule has 1 aliphatic carbocycles. The number of ketones is 1. The Bertz CT molecular complexity index is 1280. The summed E-state index contributed by atoms with van der Waals surface area (Å²) in [5, 5.41) is 10.9. The lowest BCUT2D eigenvalue weighted by atomic mass is 9.84. The molecular formula is C34H54N6O7. The molecule has 2 heterocycles. The number of nitrogens with one attached hydrogen (secondary N) is 4. The van der Waals surface area contributed by atoms with Crippen molar-refractivity contribution in [3.05, 3.63) is 12.7 Å². The largest absolute Gasteiger partial charge is 0.346 e. The van der Waals surface area contributed by atoms with E-state index < -0.39 is 64.5 Å². The Morgan fingerprint density at radius 1 is 0.957 bits per heavy atom. The minimum atomic E-state index is -1.07. The van der Waals surface area contributed by atoms with Gasteiger partial charge in [-0.2, -0.15) is 0 Å². The second kappa shape index (κ2) is 14.1. The molecule has 0 radical (unpaired) electrons. The van der Waals surface area contributed by atoms with E-state index in [1.54, 1.807) is 6.92 Å². The Morgan fingerprint density at radius 2 is 1.55 bits per heavy atom. The molecule has 6 atom stereocenters. The number of carbonyl (C=O) groups excluding carboxylic acids is 7. The summed E-state index contributed by atoms with van der Waals surface area (Å²) in [4.78, 5) is 94.5. The molecule has 0 aromatic rings. The minimum Gasteiger partial charge on any atom is -0.346 e. The lowest BCUT2D eigenvalue weighted by molar-refractivity contribution is -0.148. The fourth-order valence-electron chi connectivity index (χ4n) is 6.70. The molecule has 0 bridgehead atoms. The van der Waals surface area contributed by atoms with Gasteiger partial charge in [0.1, 0.15) is 12.1 Å². The molecule has 3 aliphatic rings. The zero-order valence-corrected chi connectivity index (χ0v) is 29.5. The third-order valence-corrected chi connectivity index (χ3v) is 9.92. The Kier molecular flexibility index (Phi) is 11.3. The SMILES string of the molecule is C=CCNC(=O)C(=O)C(CC)NC(=O)[C@@H]1[C@@H]2[C@H](CN1C(=O)[C@@H](NC(=O)N[C@H](CN1C(=O)CCCC1=O)C(C)(C)C)C(C)(C)C)C2(C)C. The number of hydrogen-bond acceptors (Lipinski definition) is 7. The number of rotatable bonds is 12. The molecule has 0 spiro atoms. The second-order valence-electron chi connectivity index (χ2n) is 15.8. The smallest absolute Gasteiger partial charge is 0.315 e. The highest BCUT2D eigenvalue weighted by Crippen LogP contribution is 2.65. The van der Waals surface area contributed by atoms with Crippen LogP contribution in [0.2, 0.25) is 0 Å². The third-order valence-electron chi connectivity index (χ3n) is 9.92. The van der Waals surface area contributed by atoms with E-state index in [0.717, 1.165) is 0 Å². The average molecular weight is 659 g/mol. The molecule has 2 aliphatic heterocycles. The van der Waals surface area contributed by atoms with Gasteiger partial charge in [-0.05, 0) is 40.9 Å². The molecule has 0 aromatic heterocycles. The number of fused-ring (bicyclic) bond motifs is 1. The summed E-state index contributed by atoms with van der Waals surface area (Å²) in [5.74, 6) is -3.22. The van der Waals surface area contributed by atoms with Crippen LogP contribution in [0, 0.1) is 28.1 Å². The third kappa shape index (κ3) is 8.39. The van der Waals surface area contributed by atoms with Crippen LogP contribution in [0.15, 0.2) is 12.7 Å². The van der Waals surface area contributed by atoms with Gasteiger partial charge in [-0.15, -0.1) is 6.58 Å². The van der Waals surface area contributed by atoms with Crippen molar-refractivity contribution >= 4 is 41.4 Å². The molecule has 1 unspecified atom stereocenters. The van der Waals surface area contributed by atoms with Crippen LogP contribution in [0.25, 0.3) is 0 Å². The van der Waals surface area contributed by atoms with Crippen molar-refractivity contribution in [3.8, 4) is 0 Å². The van der Waals surface area contributed by atoms with Crippen molar-refractivity contribution in [2.75, 3.05) is 19.6 Å². The molecular weight excluding hydrogens is 604 g/mol. The van der Waals surface area contributed by atoms with Crippen molar-refractivity contribution in [2.45, 2.75) is 112 Å². The van der Waals surface area contributed by atoms with Crippen LogP contribution in [0.5, 0.6) is 0 Å². The summed E-state index contributed by atoms with van der Waals surface area (Å²) in [6.45, 7) is 20.8. The zero-order valence-electron chi connectivity index (χ0n) is 29.5. The number of hydrogen-bond donors (Lipinski definition) is 4. The monoisotopic (exact) mass is 658 g/mol. The van der Waals surface area contributed by atoms with Crippen LogP contribution in [0.3, 0.4) is 0 Å². The summed E-state index contributed by atoms with van der Waals surface area (Å²) in [6.07, 6.45) is 2.68. The van der Waals surface area contributed by atoms with E-state index in [1.807, 2.05) is 55.4 Å². The summed E-state index contributed by atoms with van der Waals surface area (Å²) in [5.41, 5.74) is -1.51. The van der Waals surface area contributed by atoms with E-state index in [1.165, 1.54) is 15.9 Å². The Labute approximate surface area is 278 Å². The lowest BCUT2D eigenvalue weighted by Gasteiger charge is -2.39. The molecule has 1 saturated carbocycles. The van der Waals surface area contributed by atoms with Gasteiger partial charge in [0.15, 0.2) is 0 Å². The highest BCUT2D eigenvalue weighted by Gasteiger charge is 2.70. The first kappa shape index (κ1) is 37.7. The van der Waals surface area contributed by atoms with Crippen molar-refractivity contribution in [1.82, 2.24) is 31.1 Å². The summed E-state index contributed by atoms with van der Waals surface area (Å²) >= 11 is 0. The van der Waals surface area contributed by atoms with E-state index in [4.69, 9.17) is 0 Å². The van der Waals surface area contributed by atoms with Crippen LogP contribution in [0.4, 0.5) is 4.79 Å². The van der Waals surface area contributed by atoms with Gasteiger partial charge in [-0.3, -0.25) is 33.7 Å². The molecule has 3 rings (SSSR count). The van der Waals surface area contributed by atoms with Gasteiger partial charge in [0.05, 0.1) is 12.1 Å². The molecule has 7 amide bonds. The van der Waals surface area contributed by atoms with Gasteiger partial charge in [-0.1, -0.05) is 68.4 Å². The molecule has 13 heteroatoms. The number of piperidine rings is 2. The molecule has 4 N–H and O–H groups in total. The molecule has 2 saturated heterocycles. The van der Waals surface area contributed by atoms with Crippen LogP contribution in [0.1, 0.15) is 88.0 Å². The molecule has 0 aromatic carbocycles. The van der Waals surface area contributed by atoms with Gasteiger partial charge in [0, 0.05) is 32.5 Å². The van der Waals surface area contributed by atoms with Crippen molar-refractivity contribution in [3.63, 3.8) is 0 Å². The summed E-state index contributed by atoms with van der Waals surface area (Å²) in [6, 6.07) is -4.24. The van der Waals surface area contributed by atoms with Gasteiger partial charge < -0.3 is 26.2 Å². The maximum atomic E-state index is 14.3. The number of urea groups is 1. The van der Waals surface area contributed by atoms with Gasteiger partial charge >= 0.3 is 6.03 Å². The van der Waals surface area contributed by atoms with Crippen LogP contribution >= 0.6 is 0 Å². The lowest BCUT2D eigenvalue weighted by Crippen LogP contribution is -2.63. The molecule has 13 nitrogen and oxygen atoms in total. The highest BCUT2D eigenvalue weighted by molar-refractivity contribution is 6.38. The number of carbonyl (C=O) groups is 7. The van der Waals surface area contributed by atoms with Crippen molar-refractivity contribution < 1.29 is 33.6 Å². The first-order valence-electron chi connectivity index (χ1n) is 16.6. The van der Waals surface area contributed by atoms with Gasteiger partial charge in [0.2, 0.25) is 29.4 Å². The fraction of sp³-hybridized carbons (Fsp3) is 0.735. The van der Waals surface area contributed by atoms with Crippen molar-refractivity contribution in [2.24, 2.45) is 28.1 Å². The number of Topliss-reactive ketones (excluding diaryl/α,β-unsaturated/α-hetero) is 1. The van der Waals surface area contributed by atoms with E-state index in [2.05, 4.69) is 27.8 Å². The maximum absolute atomic E-state index is 14.3. The van der Waals surface area contributed by atoms with E-state index >= 15 is 0 Å². The minimum absolute atomic E-state index is 0.0124. The summed E-state index contributed by atoms with van der Waals surface area (Å²) < 4.78 is 0. The molecule has 262 valence electrons. The quantitative estimate of drug-likeness (QED) is 0.141. The Morgan fingerprint density at radius 3 is 2.06 bits per heavy atom. The molecule has 3 fully saturated rings. The first-order chi connectivity index (χ1) is 21.7. The van der Waals surface area contributed by atoms with Crippen LogP contribution in [-0.4, -0.2) is 95.0 Å². The Balaban J connectivity index is 1.81. The zero-order chi connectivity index (χ0) is 35.6. The first-order valence-corrected chi connectivity index (χ1v) is 16.6. The highest BCUT2D eigenvalue weighted by atomic mass is 16.2. The van der Waals surface area contributed by atoms with E-state index in [9.17, 15) is 33.6 Å². The Hall–Kier alpha value is -3.77. The average Bonchev–Trinajstić information content (AvgIpc) is 3.27. The van der Waals surface area contributed by atoms with Gasteiger partial charge in [0.25, 0.3) is 5.91 Å². The standard InChI is InChI=1S/C34H54N6O7/c1-11-16-35-29(45)26(43)20(12-2)36-28(44)25-24-19(34(24,9)10)17-40(25)30(46)27(33(6,7)8)38-31(47)37-21(32(3,4)5)18-39-22(41)14-13-15-23(39)42/h11,19-21,24-25,27H,1,12-18H2,2-10H3,(H,35,45)(H,36,44)(H2,37,38,47)/t19-,20?,21+,24-,25-,27+/m0/s1. The topological polar surface area (TPSA) is 174 Å². The second-order valence-corrected chi connectivity index (χ2v) is 15.8. The normalized spacial score (nSPS) is 24.0. The predicted octanol–water partition coefficient (Wildman–Crippen LogP) is 1.90. The van der Waals surface area contributed by atoms with Crippen LogP contribution < -0.4 is 21.3 Å². The van der Waals surface area contributed by atoms with Gasteiger partial charge in [-0.25, -0.2) is 4.79 Å².